The summed E-state index contributed by atoms with van der Waals surface area (Å²) >= 11 is 6.88. The minimum absolute atomic E-state index is 0.106. The number of nitrogens with one attached hydrogen (secondary N) is 1. The van der Waals surface area contributed by atoms with Crippen molar-refractivity contribution in [3.05, 3.63) is 34.6 Å². The van der Waals surface area contributed by atoms with Crippen molar-refractivity contribution in [1.29, 1.82) is 0 Å². The lowest BCUT2D eigenvalue weighted by Crippen LogP contribution is -2.54. The normalized spacial score (nSPS) is 16.5. The number of carbonyl (C=O) groups is 1. The van der Waals surface area contributed by atoms with Crippen molar-refractivity contribution in [3.8, 4) is 21.3 Å². The van der Waals surface area contributed by atoms with Crippen LogP contribution in [0.1, 0.15) is 56.9 Å². The summed E-state index contributed by atoms with van der Waals surface area (Å²) in [5.74, 6) is -5.90. The highest BCUT2D eigenvalue weighted by molar-refractivity contribution is 7.89. The number of alkyl halides is 5. The van der Waals surface area contributed by atoms with Gasteiger partial charge in [-0.3, -0.25) is 4.79 Å². The highest BCUT2D eigenvalue weighted by atomic mass is 35.5. The highest BCUT2D eigenvalue weighted by Crippen LogP contribution is 2.42. The second-order valence-electron chi connectivity index (χ2n) is 10.8. The van der Waals surface area contributed by atoms with Crippen LogP contribution in [0, 0.1) is 5.82 Å². The number of rotatable bonds is 7. The van der Waals surface area contributed by atoms with Crippen molar-refractivity contribution in [1.82, 2.24) is 24.8 Å². The van der Waals surface area contributed by atoms with E-state index in [-0.39, 0.29) is 46.0 Å². The van der Waals surface area contributed by atoms with Gasteiger partial charge in [0.25, 0.3) is 17.7 Å². The summed E-state index contributed by atoms with van der Waals surface area (Å²) in [4.78, 5) is 17.4. The quantitative estimate of drug-likeness (QED) is 0.319. The van der Waals surface area contributed by atoms with Crippen LogP contribution >= 0.6 is 22.9 Å². The zero-order valence-electron chi connectivity index (χ0n) is 22.8. The van der Waals surface area contributed by atoms with Crippen LogP contribution in [0.5, 0.6) is 0 Å². The first-order valence-electron chi connectivity index (χ1n) is 12.4. The number of hydrogen-bond donors (Lipinski definition) is 2. The van der Waals surface area contributed by atoms with E-state index in [1.807, 2.05) is 0 Å². The Hall–Kier alpha value is -2.80. The molecule has 0 aliphatic carbocycles. The van der Waals surface area contributed by atoms with Gasteiger partial charge in [-0.15, -0.1) is 21.5 Å². The van der Waals surface area contributed by atoms with Gasteiger partial charge in [0.2, 0.25) is 15.9 Å². The fraction of sp³-hybridized carbons (Fsp3) is 0.500. The fourth-order valence-corrected chi connectivity index (χ4v) is 6.71. The van der Waals surface area contributed by atoms with Crippen LogP contribution in [-0.4, -0.2) is 70.2 Å². The van der Waals surface area contributed by atoms with Gasteiger partial charge < -0.3 is 14.4 Å². The maximum absolute atomic E-state index is 15.5. The maximum atomic E-state index is 15.5. The summed E-state index contributed by atoms with van der Waals surface area (Å²) in [5, 5.41) is 16.7. The van der Waals surface area contributed by atoms with Gasteiger partial charge in [-0.05, 0) is 33.8 Å². The number of piperidine rings is 1. The molecule has 0 saturated carbocycles. The molecule has 236 valence electrons. The van der Waals surface area contributed by atoms with Crippen LogP contribution in [0.3, 0.4) is 0 Å². The van der Waals surface area contributed by atoms with E-state index in [9.17, 15) is 40.3 Å². The third kappa shape index (κ3) is 6.67. The maximum Gasteiger partial charge on any atom is 0.407 e. The van der Waals surface area contributed by atoms with Crippen LogP contribution in [0.4, 0.5) is 26.3 Å². The van der Waals surface area contributed by atoms with Crippen molar-refractivity contribution < 1.29 is 49.1 Å². The zero-order valence-corrected chi connectivity index (χ0v) is 25.2. The average molecular weight is 676 g/mol. The minimum Gasteiger partial charge on any atom is -0.415 e. The molecule has 1 aliphatic rings. The molecule has 0 radical (unpaired) electrons. The van der Waals surface area contributed by atoms with E-state index in [0.717, 1.165) is 11.0 Å². The SMILES string of the molecule is CC(C)(O)c1nnc(-c2nc(C(=O)N3CCC(F)(F)CC3)c(-c3ccc(S(=O)(=O)NC(C)(C)C(F)(F)F)c(F)c3Cl)s2)o1. The molecule has 19 heteroatoms. The Bertz CT molecular complexity index is 1660. The summed E-state index contributed by atoms with van der Waals surface area (Å²) in [6.45, 7) is 3.16. The molecular weight excluding hydrogens is 652 g/mol. The van der Waals surface area contributed by atoms with Crippen LogP contribution in [0.25, 0.3) is 21.3 Å². The average Bonchev–Trinajstić information content (AvgIpc) is 3.51. The second-order valence-corrected chi connectivity index (χ2v) is 13.8. The topological polar surface area (TPSA) is 139 Å². The summed E-state index contributed by atoms with van der Waals surface area (Å²) in [6.07, 6.45) is -6.26. The summed E-state index contributed by atoms with van der Waals surface area (Å²) in [6, 6.07) is 1.63. The number of amides is 1. The molecule has 1 aromatic carbocycles. The first kappa shape index (κ1) is 33.1. The van der Waals surface area contributed by atoms with E-state index in [0.29, 0.717) is 31.3 Å². The van der Waals surface area contributed by atoms with E-state index in [1.165, 1.54) is 18.6 Å². The zero-order chi connectivity index (χ0) is 32.3. The van der Waals surface area contributed by atoms with E-state index in [1.54, 1.807) is 0 Å². The van der Waals surface area contributed by atoms with Gasteiger partial charge in [0.05, 0.1) is 9.90 Å². The lowest BCUT2D eigenvalue weighted by Gasteiger charge is -2.31. The minimum atomic E-state index is -5.10. The van der Waals surface area contributed by atoms with Gasteiger partial charge >= 0.3 is 6.18 Å². The number of hydrogen-bond acceptors (Lipinski definition) is 9. The molecule has 1 fully saturated rings. The molecule has 1 saturated heterocycles. The monoisotopic (exact) mass is 675 g/mol. The molecule has 43 heavy (non-hydrogen) atoms. The van der Waals surface area contributed by atoms with E-state index in [2.05, 4.69) is 15.2 Å². The lowest BCUT2D eigenvalue weighted by molar-refractivity contribution is -0.180. The summed E-state index contributed by atoms with van der Waals surface area (Å²) in [7, 11) is -5.10. The highest BCUT2D eigenvalue weighted by Gasteiger charge is 2.50. The molecule has 0 spiro atoms. The van der Waals surface area contributed by atoms with Crippen LogP contribution in [-0.2, 0) is 15.6 Å². The molecule has 1 aliphatic heterocycles. The van der Waals surface area contributed by atoms with Crippen molar-refractivity contribution in [2.24, 2.45) is 0 Å². The Morgan fingerprint density at radius 2 is 1.74 bits per heavy atom. The Balaban J connectivity index is 1.81. The largest absolute Gasteiger partial charge is 0.415 e. The van der Waals surface area contributed by atoms with Gasteiger partial charge in [0.1, 0.15) is 21.7 Å². The van der Waals surface area contributed by atoms with Gasteiger partial charge in [-0.1, -0.05) is 17.7 Å². The number of aliphatic hydroxyl groups is 1. The third-order valence-electron chi connectivity index (χ3n) is 6.42. The number of carbonyl (C=O) groups excluding carboxylic acids is 1. The lowest BCUT2D eigenvalue weighted by atomic mass is 10.1. The second kappa shape index (κ2) is 11.0. The number of likely N-dealkylation sites (tertiary alicyclic amines) is 1. The predicted octanol–water partition coefficient (Wildman–Crippen LogP) is 5.37. The predicted molar refractivity (Wildman–Crippen MR) is 142 cm³/mol. The fourth-order valence-electron chi connectivity index (χ4n) is 3.85. The molecule has 0 bridgehead atoms. The smallest absolute Gasteiger partial charge is 0.407 e. The standard InChI is InChI=1S/C24H24ClF6N5O5S2/c1-21(2,38)20-34-33-17(41-20)18-32-15(19(37)36-9-7-23(27,28)8-10-36)16(42-18)11-5-6-12(14(26)13(11)25)43(39,40)35-22(3,4)24(29,30)31/h5-6,35,38H,7-10H2,1-4H3. The molecule has 0 atom stereocenters. The van der Waals surface area contributed by atoms with Crippen molar-refractivity contribution >= 4 is 38.9 Å². The Labute approximate surface area is 250 Å². The Morgan fingerprint density at radius 1 is 1.14 bits per heavy atom. The molecule has 4 rings (SSSR count). The number of aromatic nitrogens is 3. The number of halogens is 7. The molecule has 2 N–H and O–H groups in total. The third-order valence-corrected chi connectivity index (χ3v) is 9.54. The van der Waals surface area contributed by atoms with Crippen molar-refractivity contribution in [2.45, 2.75) is 68.7 Å². The van der Waals surface area contributed by atoms with Gasteiger partial charge in [0, 0.05) is 31.5 Å². The van der Waals surface area contributed by atoms with Crippen LogP contribution in [0.15, 0.2) is 21.4 Å². The van der Waals surface area contributed by atoms with Crippen molar-refractivity contribution in [2.75, 3.05) is 13.1 Å². The van der Waals surface area contributed by atoms with E-state index < -0.39 is 67.7 Å². The first-order valence-corrected chi connectivity index (χ1v) is 15.1. The Kier molecular flexibility index (Phi) is 8.45. The molecule has 1 amide bonds. The number of thiazole rings is 1. The van der Waals surface area contributed by atoms with Crippen molar-refractivity contribution in [3.63, 3.8) is 0 Å². The van der Waals surface area contributed by atoms with Gasteiger partial charge in [-0.25, -0.2) is 26.6 Å². The molecule has 0 unspecified atom stereocenters. The van der Waals surface area contributed by atoms with Gasteiger partial charge in [-0.2, -0.15) is 17.9 Å². The van der Waals surface area contributed by atoms with E-state index >= 15 is 4.39 Å². The number of benzene rings is 1. The number of nitrogens with zero attached hydrogens (tertiary/aromatic N) is 4. The Morgan fingerprint density at radius 3 is 2.28 bits per heavy atom. The summed E-state index contributed by atoms with van der Waals surface area (Å²) < 4.78 is 115. The molecule has 3 heterocycles. The first-order chi connectivity index (χ1) is 19.5. The molecule has 2 aromatic heterocycles. The number of sulfonamides is 1. The van der Waals surface area contributed by atoms with Crippen LogP contribution in [0.2, 0.25) is 5.02 Å². The molecular formula is C24H24ClF6N5O5S2. The van der Waals surface area contributed by atoms with E-state index in [4.69, 9.17) is 16.0 Å². The van der Waals surface area contributed by atoms with Crippen LogP contribution < -0.4 is 4.72 Å². The molecule has 10 nitrogen and oxygen atoms in total. The summed E-state index contributed by atoms with van der Waals surface area (Å²) in [5.41, 5.74) is -5.18. The van der Waals surface area contributed by atoms with Gasteiger partial charge in [0.15, 0.2) is 10.8 Å². The molecule has 3 aromatic rings.